The minimum atomic E-state index is 0.558. The number of benzene rings is 11. The van der Waals surface area contributed by atoms with E-state index in [1.54, 1.807) is 0 Å². The lowest BCUT2D eigenvalue weighted by atomic mass is 9.98. The summed E-state index contributed by atoms with van der Waals surface area (Å²) in [5.41, 5.74) is 17.0. The van der Waals surface area contributed by atoms with E-state index in [4.69, 9.17) is 19.4 Å². The third-order valence-corrected chi connectivity index (χ3v) is 14.8. The third kappa shape index (κ3) is 6.77. The van der Waals surface area contributed by atoms with E-state index in [1.165, 1.54) is 5.39 Å². The van der Waals surface area contributed by atoms with Crippen LogP contribution in [0.4, 0.5) is 0 Å². The van der Waals surface area contributed by atoms with E-state index in [9.17, 15) is 0 Å². The molecule has 0 aliphatic rings. The van der Waals surface area contributed by atoms with E-state index in [-0.39, 0.29) is 0 Å². The first-order valence-electron chi connectivity index (χ1n) is 25.4. The van der Waals surface area contributed by atoms with Crippen molar-refractivity contribution in [3.05, 3.63) is 261 Å². The lowest BCUT2D eigenvalue weighted by molar-refractivity contribution is 0.673. The molecule has 0 saturated carbocycles. The summed E-state index contributed by atoms with van der Waals surface area (Å²) in [7, 11) is 0. The largest absolute Gasteiger partial charge is 0.452 e. The Morgan fingerprint density at radius 1 is 0.240 bits per heavy atom. The Hall–Kier alpha value is -10.2. The minimum Gasteiger partial charge on any atom is -0.452 e. The van der Waals surface area contributed by atoms with Crippen molar-refractivity contribution in [3.63, 3.8) is 0 Å². The summed E-state index contributed by atoms with van der Waals surface area (Å²) in [4.78, 5) is 16.3. The maximum absolute atomic E-state index is 7.54. The quantitative estimate of drug-likeness (QED) is 0.152. The molecule has 4 heterocycles. The van der Waals surface area contributed by atoms with Crippen LogP contribution in [0, 0.1) is 0 Å². The molecule has 350 valence electrons. The molecule has 0 fully saturated rings. The van der Waals surface area contributed by atoms with Crippen LogP contribution in [0.1, 0.15) is 0 Å². The first-order valence-corrected chi connectivity index (χ1v) is 25.4. The molecule has 6 nitrogen and oxygen atoms in total. The second-order valence-electron chi connectivity index (χ2n) is 19.0. The van der Waals surface area contributed by atoms with Crippen molar-refractivity contribution in [1.29, 1.82) is 0 Å². The molecule has 0 N–H and O–H groups in total. The molecule has 6 heteroatoms. The standard InChI is InChI=1S/C69H43N5O/c1-4-22-44(23-5-1)47-28-10-12-33-56(47)67-70-68(57-34-13-11-29-48(57)45-24-6-2-7-25-45)72-69(71-67)58-35-17-21-39-62(58)74-61-38-20-16-32-51(61)53-41-43-55-54-42-40-52-50-31-15-19-37-60(50)73(63(52)65(54)75-66(55)64(53)74)59-36-18-14-30-49(59)46-26-8-3-9-27-46/h1-43H. The summed E-state index contributed by atoms with van der Waals surface area (Å²) in [5, 5.41) is 6.58. The molecule has 15 aromatic rings. The number of para-hydroxylation sites is 4. The molecule has 0 atom stereocenters. The van der Waals surface area contributed by atoms with Gasteiger partial charge in [-0.05, 0) is 70.3 Å². The van der Waals surface area contributed by atoms with Gasteiger partial charge in [0.05, 0.1) is 33.4 Å². The fourth-order valence-electron chi connectivity index (χ4n) is 11.5. The molecule has 0 saturated heterocycles. The zero-order valence-electron chi connectivity index (χ0n) is 40.5. The van der Waals surface area contributed by atoms with Crippen molar-refractivity contribution in [2.24, 2.45) is 0 Å². The SMILES string of the molecule is c1ccc(-c2ccccc2-c2nc(-c3ccccc3-c3ccccc3)nc(-c3ccccc3-n3c4ccccc4c4ccc5c6ccc7c8ccccc8n(-c8ccccc8-c8ccccc8)c7c6oc5c43)n2)cc1. The summed E-state index contributed by atoms with van der Waals surface area (Å²) in [6.45, 7) is 0. The summed E-state index contributed by atoms with van der Waals surface area (Å²) >= 11 is 0. The molecular weight excluding hydrogens is 915 g/mol. The molecule has 0 bridgehead atoms. The molecule has 75 heavy (non-hydrogen) atoms. The Bertz CT molecular complexity index is 4600. The Morgan fingerprint density at radius 3 is 1.03 bits per heavy atom. The van der Waals surface area contributed by atoms with Crippen LogP contribution in [0.2, 0.25) is 0 Å². The van der Waals surface area contributed by atoms with Crippen molar-refractivity contribution in [2.75, 3.05) is 0 Å². The maximum atomic E-state index is 7.54. The summed E-state index contributed by atoms with van der Waals surface area (Å²) in [5.74, 6) is 1.73. The monoisotopic (exact) mass is 957 g/mol. The zero-order chi connectivity index (χ0) is 49.4. The summed E-state index contributed by atoms with van der Waals surface area (Å²) < 4.78 is 12.3. The number of aromatic nitrogens is 5. The average Bonchev–Trinajstić information content (AvgIpc) is 4.26. The predicted octanol–water partition coefficient (Wildman–Crippen LogP) is 18.0. The van der Waals surface area contributed by atoms with E-state index >= 15 is 0 Å². The topological polar surface area (TPSA) is 61.7 Å². The van der Waals surface area contributed by atoms with E-state index in [1.807, 2.05) is 12.1 Å². The molecule has 15 rings (SSSR count). The Balaban J connectivity index is 1.01. The highest BCUT2D eigenvalue weighted by molar-refractivity contribution is 6.26. The highest BCUT2D eigenvalue weighted by Gasteiger charge is 2.26. The number of fused-ring (bicyclic) bond motifs is 11. The molecule has 0 unspecified atom stereocenters. The van der Waals surface area contributed by atoms with Gasteiger partial charge in [-0.2, -0.15) is 0 Å². The third-order valence-electron chi connectivity index (χ3n) is 14.8. The Labute approximate surface area is 431 Å². The minimum absolute atomic E-state index is 0.558. The molecule has 0 spiro atoms. The van der Waals surface area contributed by atoms with Crippen LogP contribution < -0.4 is 0 Å². The molecule has 0 amide bonds. The van der Waals surface area contributed by atoms with Crippen LogP contribution in [-0.2, 0) is 0 Å². The van der Waals surface area contributed by atoms with Crippen LogP contribution >= 0.6 is 0 Å². The van der Waals surface area contributed by atoms with E-state index in [0.29, 0.717) is 17.5 Å². The molecular formula is C69H43N5O. The van der Waals surface area contributed by atoms with Crippen LogP contribution in [0.3, 0.4) is 0 Å². The van der Waals surface area contributed by atoms with Gasteiger partial charge >= 0.3 is 0 Å². The van der Waals surface area contributed by atoms with E-state index in [2.05, 4.69) is 258 Å². The van der Waals surface area contributed by atoms with Gasteiger partial charge in [-0.15, -0.1) is 0 Å². The number of furan rings is 1. The number of rotatable bonds is 8. The van der Waals surface area contributed by atoms with Gasteiger partial charge in [0.25, 0.3) is 0 Å². The van der Waals surface area contributed by atoms with Crippen LogP contribution in [0.25, 0.3) is 144 Å². The zero-order valence-corrected chi connectivity index (χ0v) is 40.5. The maximum Gasteiger partial charge on any atom is 0.166 e. The summed E-state index contributed by atoms with van der Waals surface area (Å²) in [6, 6.07) is 91.9. The normalized spacial score (nSPS) is 11.7. The summed E-state index contributed by atoms with van der Waals surface area (Å²) in [6.07, 6.45) is 0. The van der Waals surface area contributed by atoms with Gasteiger partial charge in [0.1, 0.15) is 0 Å². The van der Waals surface area contributed by atoms with Crippen molar-refractivity contribution >= 4 is 65.6 Å². The Kier molecular flexibility index (Phi) is 9.78. The lowest BCUT2D eigenvalue weighted by Gasteiger charge is -2.16. The highest BCUT2D eigenvalue weighted by atomic mass is 16.3. The fraction of sp³-hybridized carbons (Fsp3) is 0. The average molecular weight is 958 g/mol. The smallest absolute Gasteiger partial charge is 0.166 e. The molecule has 0 aliphatic heterocycles. The van der Waals surface area contributed by atoms with Crippen molar-refractivity contribution in [3.8, 4) is 78.9 Å². The molecule has 4 aromatic heterocycles. The second-order valence-corrected chi connectivity index (χ2v) is 19.0. The fourth-order valence-corrected chi connectivity index (χ4v) is 11.5. The van der Waals surface area contributed by atoms with Crippen molar-refractivity contribution in [2.45, 2.75) is 0 Å². The number of nitrogens with zero attached hydrogens (tertiary/aromatic N) is 5. The van der Waals surface area contributed by atoms with Gasteiger partial charge in [-0.25, -0.2) is 15.0 Å². The number of hydrogen-bond acceptors (Lipinski definition) is 4. The van der Waals surface area contributed by atoms with E-state index < -0.39 is 0 Å². The Morgan fingerprint density at radius 2 is 0.560 bits per heavy atom. The van der Waals surface area contributed by atoms with Gasteiger partial charge in [0, 0.05) is 54.6 Å². The van der Waals surface area contributed by atoms with Crippen LogP contribution in [0.5, 0.6) is 0 Å². The van der Waals surface area contributed by atoms with Gasteiger partial charge in [-0.1, -0.05) is 218 Å². The van der Waals surface area contributed by atoms with Crippen LogP contribution in [-0.4, -0.2) is 24.1 Å². The van der Waals surface area contributed by atoms with Gasteiger partial charge < -0.3 is 13.6 Å². The van der Waals surface area contributed by atoms with Crippen molar-refractivity contribution in [1.82, 2.24) is 24.1 Å². The first kappa shape index (κ1) is 42.5. The van der Waals surface area contributed by atoms with Crippen LogP contribution in [0.15, 0.2) is 265 Å². The van der Waals surface area contributed by atoms with Gasteiger partial charge in [0.15, 0.2) is 28.6 Å². The first-order chi connectivity index (χ1) is 37.2. The molecule has 11 aromatic carbocycles. The van der Waals surface area contributed by atoms with Crippen molar-refractivity contribution < 1.29 is 4.42 Å². The van der Waals surface area contributed by atoms with Gasteiger partial charge in [-0.3, -0.25) is 0 Å². The second kappa shape index (κ2) is 17.3. The van der Waals surface area contributed by atoms with E-state index in [0.717, 1.165) is 122 Å². The predicted molar refractivity (Wildman–Crippen MR) is 308 cm³/mol. The lowest BCUT2D eigenvalue weighted by Crippen LogP contribution is -2.04. The molecule has 0 radical (unpaired) electrons. The number of hydrogen-bond donors (Lipinski definition) is 0. The van der Waals surface area contributed by atoms with Gasteiger partial charge in [0.2, 0.25) is 0 Å². The molecule has 0 aliphatic carbocycles. The highest BCUT2D eigenvalue weighted by Crippen LogP contribution is 2.46.